The molecule has 2 aliphatic rings. The molecule has 5 heteroatoms. The van der Waals surface area contributed by atoms with Crippen molar-refractivity contribution in [2.45, 2.75) is 83.9 Å². The van der Waals surface area contributed by atoms with Gasteiger partial charge < -0.3 is 4.74 Å². The highest BCUT2D eigenvalue weighted by Gasteiger charge is 2.34. The lowest BCUT2D eigenvalue weighted by Crippen LogP contribution is -2.47. The summed E-state index contributed by atoms with van der Waals surface area (Å²) in [7, 11) is 0. The van der Waals surface area contributed by atoms with Gasteiger partial charge in [0, 0.05) is 18.3 Å². The lowest BCUT2D eigenvalue weighted by molar-refractivity contribution is 0.0548. The third kappa shape index (κ3) is 4.37. The number of carbonyl (C=O) groups excluding carboxylic acids is 1. The van der Waals surface area contributed by atoms with Crippen molar-refractivity contribution in [3.8, 4) is 0 Å². The van der Waals surface area contributed by atoms with E-state index in [4.69, 9.17) is 4.74 Å². The van der Waals surface area contributed by atoms with Gasteiger partial charge in [0.1, 0.15) is 11.4 Å². The van der Waals surface area contributed by atoms with Crippen molar-refractivity contribution in [2.75, 3.05) is 18.0 Å². The van der Waals surface area contributed by atoms with Crippen molar-refractivity contribution in [3.63, 3.8) is 0 Å². The minimum atomic E-state index is -0.497. The van der Waals surface area contributed by atoms with Crippen LogP contribution in [0.2, 0.25) is 0 Å². The van der Waals surface area contributed by atoms with Crippen molar-refractivity contribution >= 4 is 11.9 Å². The second kappa shape index (κ2) is 7.95. The Kier molecular flexibility index (Phi) is 5.86. The second-order valence-electron chi connectivity index (χ2n) is 8.52. The third-order valence-electron chi connectivity index (χ3n) is 5.45. The van der Waals surface area contributed by atoms with Gasteiger partial charge in [-0.2, -0.15) is 0 Å². The highest BCUT2D eigenvalue weighted by molar-refractivity contribution is 5.87. The smallest absolute Gasteiger partial charge is 0.416 e. The summed E-state index contributed by atoms with van der Waals surface area (Å²) in [6.07, 6.45) is 8.63. The molecule has 1 atom stereocenters. The first-order chi connectivity index (χ1) is 12.4. The highest BCUT2D eigenvalue weighted by Crippen LogP contribution is 2.33. The number of aromatic nitrogens is 1. The molecule has 3 rings (SSSR count). The molecule has 2 heterocycles. The summed E-state index contributed by atoms with van der Waals surface area (Å²) in [6.45, 7) is 10.2. The zero-order chi connectivity index (χ0) is 18.7. The highest BCUT2D eigenvalue weighted by atomic mass is 16.6. The van der Waals surface area contributed by atoms with Gasteiger partial charge in [-0.3, -0.25) is 9.80 Å². The molecule has 1 aliphatic heterocycles. The van der Waals surface area contributed by atoms with E-state index in [-0.39, 0.29) is 12.1 Å². The Morgan fingerprint density at radius 1 is 1.23 bits per heavy atom. The molecule has 0 spiro atoms. The molecular weight excluding hydrogens is 326 g/mol. The summed E-state index contributed by atoms with van der Waals surface area (Å²) in [4.78, 5) is 21.7. The Morgan fingerprint density at radius 3 is 2.54 bits per heavy atom. The predicted molar refractivity (Wildman–Crippen MR) is 104 cm³/mol. The first kappa shape index (κ1) is 19.2. The van der Waals surface area contributed by atoms with Crippen molar-refractivity contribution in [2.24, 2.45) is 0 Å². The van der Waals surface area contributed by atoms with Crippen LogP contribution in [-0.2, 0) is 4.74 Å². The summed E-state index contributed by atoms with van der Waals surface area (Å²) < 4.78 is 5.63. The molecule has 1 unspecified atom stereocenters. The molecule has 2 fully saturated rings. The van der Waals surface area contributed by atoms with E-state index in [1.807, 2.05) is 33.0 Å². The predicted octanol–water partition coefficient (Wildman–Crippen LogP) is 4.92. The van der Waals surface area contributed by atoms with Gasteiger partial charge in [0.05, 0.1) is 0 Å². The third-order valence-corrected chi connectivity index (χ3v) is 5.45. The maximum Gasteiger partial charge on any atom is 0.416 e. The van der Waals surface area contributed by atoms with E-state index < -0.39 is 5.60 Å². The second-order valence-corrected chi connectivity index (χ2v) is 8.52. The Morgan fingerprint density at radius 2 is 2.00 bits per heavy atom. The molecule has 1 amide bonds. The van der Waals surface area contributed by atoms with Gasteiger partial charge in [-0.25, -0.2) is 9.78 Å². The van der Waals surface area contributed by atoms with E-state index in [0.29, 0.717) is 11.9 Å². The SMILES string of the molecule is CCN1CCCCC1c1ccc(N(C(=O)OC(C)(C)C)C2CCC2)nc1. The Balaban J connectivity index is 1.78. The van der Waals surface area contributed by atoms with Crippen LogP contribution < -0.4 is 4.90 Å². The van der Waals surface area contributed by atoms with Crippen LogP contribution in [0.25, 0.3) is 0 Å². The summed E-state index contributed by atoms with van der Waals surface area (Å²) in [5.41, 5.74) is 0.760. The normalized spacial score (nSPS) is 21.9. The van der Waals surface area contributed by atoms with Crippen molar-refractivity contribution in [1.82, 2.24) is 9.88 Å². The minimum absolute atomic E-state index is 0.213. The van der Waals surface area contributed by atoms with Crippen LogP contribution in [-0.4, -0.2) is 40.7 Å². The monoisotopic (exact) mass is 359 g/mol. The average Bonchev–Trinajstić information content (AvgIpc) is 2.56. The number of hydrogen-bond donors (Lipinski definition) is 0. The largest absolute Gasteiger partial charge is 0.443 e. The van der Waals surface area contributed by atoms with Gasteiger partial charge in [-0.05, 0) is 77.6 Å². The zero-order valence-corrected chi connectivity index (χ0v) is 16.7. The molecule has 0 bridgehead atoms. The molecule has 1 aliphatic carbocycles. The van der Waals surface area contributed by atoms with Gasteiger partial charge in [0.2, 0.25) is 0 Å². The molecule has 1 aromatic rings. The molecule has 144 valence electrons. The number of likely N-dealkylation sites (tertiary alicyclic amines) is 1. The summed E-state index contributed by atoms with van der Waals surface area (Å²) in [6, 6.07) is 4.82. The first-order valence-corrected chi connectivity index (χ1v) is 10.1. The van der Waals surface area contributed by atoms with Crippen LogP contribution in [0, 0.1) is 0 Å². The van der Waals surface area contributed by atoms with Gasteiger partial charge >= 0.3 is 6.09 Å². The maximum absolute atomic E-state index is 12.7. The number of hydrogen-bond acceptors (Lipinski definition) is 4. The number of pyridine rings is 1. The quantitative estimate of drug-likeness (QED) is 0.765. The van der Waals surface area contributed by atoms with Gasteiger partial charge in [-0.1, -0.05) is 19.4 Å². The maximum atomic E-state index is 12.7. The molecule has 26 heavy (non-hydrogen) atoms. The molecule has 0 aromatic carbocycles. The number of piperidine rings is 1. The lowest BCUT2D eigenvalue weighted by atomic mass is 9.91. The van der Waals surface area contributed by atoms with E-state index in [2.05, 4.69) is 22.9 Å². The number of carbonyl (C=O) groups is 1. The Hall–Kier alpha value is -1.62. The molecule has 1 aromatic heterocycles. The Bertz CT molecular complexity index is 605. The van der Waals surface area contributed by atoms with Crippen molar-refractivity contribution in [1.29, 1.82) is 0 Å². The zero-order valence-electron chi connectivity index (χ0n) is 16.7. The van der Waals surface area contributed by atoms with Crippen LogP contribution >= 0.6 is 0 Å². The summed E-state index contributed by atoms with van der Waals surface area (Å²) in [5.74, 6) is 0.714. The fourth-order valence-electron chi connectivity index (χ4n) is 3.87. The van der Waals surface area contributed by atoms with E-state index in [9.17, 15) is 4.79 Å². The van der Waals surface area contributed by atoms with Crippen molar-refractivity contribution < 1.29 is 9.53 Å². The molecule has 1 saturated heterocycles. The molecule has 0 N–H and O–H groups in total. The number of anilines is 1. The van der Waals surface area contributed by atoms with Crippen LogP contribution in [0.5, 0.6) is 0 Å². The number of amides is 1. The number of rotatable bonds is 4. The van der Waals surface area contributed by atoms with Crippen LogP contribution in [0.1, 0.15) is 77.8 Å². The molecule has 1 saturated carbocycles. The molecule has 0 radical (unpaired) electrons. The van der Waals surface area contributed by atoms with E-state index >= 15 is 0 Å². The van der Waals surface area contributed by atoms with Crippen LogP contribution in [0.15, 0.2) is 18.3 Å². The summed E-state index contributed by atoms with van der Waals surface area (Å²) >= 11 is 0. The van der Waals surface area contributed by atoms with E-state index in [0.717, 1.165) is 32.4 Å². The summed E-state index contributed by atoms with van der Waals surface area (Å²) in [5, 5.41) is 0. The van der Waals surface area contributed by atoms with E-state index in [1.165, 1.54) is 24.8 Å². The Labute approximate surface area is 157 Å². The van der Waals surface area contributed by atoms with Crippen LogP contribution in [0.3, 0.4) is 0 Å². The van der Waals surface area contributed by atoms with Crippen LogP contribution in [0.4, 0.5) is 10.6 Å². The van der Waals surface area contributed by atoms with Gasteiger partial charge in [0.25, 0.3) is 0 Å². The fraction of sp³-hybridized carbons (Fsp3) is 0.714. The van der Waals surface area contributed by atoms with E-state index in [1.54, 1.807) is 4.90 Å². The lowest BCUT2D eigenvalue weighted by Gasteiger charge is -2.38. The number of ether oxygens (including phenoxy) is 1. The standard InChI is InChI=1S/C21H33N3O2/c1-5-23-14-7-6-11-18(23)16-12-13-19(22-15-16)24(17-9-8-10-17)20(25)26-21(2,3)4/h12-13,15,17-18H,5-11,14H2,1-4H3. The fourth-order valence-corrected chi connectivity index (χ4v) is 3.87. The number of nitrogens with zero attached hydrogens (tertiary/aromatic N) is 3. The molecule has 5 nitrogen and oxygen atoms in total. The molecular formula is C21H33N3O2. The minimum Gasteiger partial charge on any atom is -0.443 e. The first-order valence-electron chi connectivity index (χ1n) is 10.1. The topological polar surface area (TPSA) is 45.7 Å². The van der Waals surface area contributed by atoms with Gasteiger partial charge in [-0.15, -0.1) is 0 Å². The van der Waals surface area contributed by atoms with Crippen molar-refractivity contribution in [3.05, 3.63) is 23.9 Å². The van der Waals surface area contributed by atoms with Gasteiger partial charge in [0.15, 0.2) is 0 Å². The average molecular weight is 360 g/mol.